The Morgan fingerprint density at radius 3 is 2.79 bits per heavy atom. The third-order valence-electron chi connectivity index (χ3n) is 4.97. The maximum absolute atomic E-state index is 12.5. The van der Waals surface area contributed by atoms with Crippen LogP contribution in [0, 0.1) is 0 Å². The lowest BCUT2D eigenvalue weighted by Crippen LogP contribution is -2.27. The maximum Gasteiger partial charge on any atom is 0.249 e. The Labute approximate surface area is 163 Å². The van der Waals surface area contributed by atoms with E-state index in [9.17, 15) is 4.79 Å². The number of carbonyl (C=O) groups excluding carboxylic acids is 1. The quantitative estimate of drug-likeness (QED) is 0.644. The SMILES string of the molecule is C=Cc1ccc(CN2C(=O)CCC2c2nc(-c3ccccc3OC)no2)cc1. The summed E-state index contributed by atoms with van der Waals surface area (Å²) >= 11 is 0. The molecule has 0 radical (unpaired) electrons. The molecule has 2 heterocycles. The average Bonchev–Trinajstić information content (AvgIpc) is 3.36. The van der Waals surface area contributed by atoms with Gasteiger partial charge in [0, 0.05) is 13.0 Å². The summed E-state index contributed by atoms with van der Waals surface area (Å²) in [6.45, 7) is 4.27. The number of methoxy groups -OCH3 is 1. The van der Waals surface area contributed by atoms with Gasteiger partial charge in [-0.05, 0) is 29.7 Å². The first-order valence-electron chi connectivity index (χ1n) is 9.17. The van der Waals surface area contributed by atoms with Crippen molar-refractivity contribution >= 4 is 12.0 Å². The molecule has 1 aliphatic rings. The van der Waals surface area contributed by atoms with E-state index in [4.69, 9.17) is 9.26 Å². The standard InChI is InChI=1S/C22H21N3O3/c1-3-15-8-10-16(11-9-15)14-25-18(12-13-20(25)26)22-23-21(24-28-22)17-6-4-5-7-19(17)27-2/h3-11,18H,1,12-14H2,2H3. The molecule has 1 atom stereocenters. The molecule has 1 fully saturated rings. The first-order chi connectivity index (χ1) is 13.7. The topological polar surface area (TPSA) is 68.5 Å². The van der Waals surface area contributed by atoms with Crippen molar-refractivity contribution in [2.24, 2.45) is 0 Å². The highest BCUT2D eigenvalue weighted by molar-refractivity contribution is 5.79. The first kappa shape index (κ1) is 18.0. The number of amides is 1. The minimum absolute atomic E-state index is 0.0924. The highest BCUT2D eigenvalue weighted by Crippen LogP contribution is 2.35. The summed E-state index contributed by atoms with van der Waals surface area (Å²) in [4.78, 5) is 18.8. The van der Waals surface area contributed by atoms with Crippen molar-refractivity contribution in [2.45, 2.75) is 25.4 Å². The average molecular weight is 375 g/mol. The number of para-hydroxylation sites is 1. The van der Waals surface area contributed by atoms with Gasteiger partial charge in [0.05, 0.1) is 12.7 Å². The van der Waals surface area contributed by atoms with E-state index in [2.05, 4.69) is 16.7 Å². The Morgan fingerprint density at radius 1 is 1.25 bits per heavy atom. The molecule has 1 aromatic heterocycles. The summed E-state index contributed by atoms with van der Waals surface area (Å²) in [5, 5.41) is 4.11. The second-order valence-electron chi connectivity index (χ2n) is 6.68. The van der Waals surface area contributed by atoms with Crippen molar-refractivity contribution in [3.05, 3.63) is 72.1 Å². The first-order valence-corrected chi connectivity index (χ1v) is 9.17. The van der Waals surface area contributed by atoms with Crippen LogP contribution < -0.4 is 4.74 Å². The van der Waals surface area contributed by atoms with Crippen molar-refractivity contribution in [1.82, 2.24) is 15.0 Å². The van der Waals surface area contributed by atoms with Crippen LogP contribution >= 0.6 is 0 Å². The van der Waals surface area contributed by atoms with E-state index >= 15 is 0 Å². The van der Waals surface area contributed by atoms with Crippen molar-refractivity contribution in [3.63, 3.8) is 0 Å². The smallest absolute Gasteiger partial charge is 0.249 e. The lowest BCUT2D eigenvalue weighted by atomic mass is 10.1. The number of ether oxygens (including phenoxy) is 1. The Bertz CT molecular complexity index is 994. The third kappa shape index (κ3) is 3.41. The normalized spacial score (nSPS) is 16.4. The Kier molecular flexibility index (Phi) is 4.93. The van der Waals surface area contributed by atoms with Crippen LogP contribution in [0.3, 0.4) is 0 Å². The second kappa shape index (κ2) is 7.68. The van der Waals surface area contributed by atoms with Gasteiger partial charge in [-0.15, -0.1) is 0 Å². The molecule has 3 aromatic rings. The van der Waals surface area contributed by atoms with Crippen molar-refractivity contribution in [1.29, 1.82) is 0 Å². The molecule has 0 aliphatic carbocycles. The largest absolute Gasteiger partial charge is 0.496 e. The number of hydrogen-bond donors (Lipinski definition) is 0. The monoisotopic (exact) mass is 375 g/mol. The van der Waals surface area contributed by atoms with Gasteiger partial charge in [0.15, 0.2) is 0 Å². The predicted molar refractivity (Wildman–Crippen MR) is 105 cm³/mol. The summed E-state index contributed by atoms with van der Waals surface area (Å²) < 4.78 is 10.9. The second-order valence-corrected chi connectivity index (χ2v) is 6.68. The fourth-order valence-corrected chi connectivity index (χ4v) is 3.45. The number of hydrogen-bond acceptors (Lipinski definition) is 5. The van der Waals surface area contributed by atoms with Gasteiger partial charge < -0.3 is 14.2 Å². The van der Waals surface area contributed by atoms with Gasteiger partial charge in [-0.25, -0.2) is 0 Å². The molecular formula is C22H21N3O3. The Hall–Kier alpha value is -3.41. The van der Waals surface area contributed by atoms with Gasteiger partial charge in [0.1, 0.15) is 11.8 Å². The molecule has 4 rings (SSSR count). The van der Waals surface area contributed by atoms with Crippen molar-refractivity contribution in [3.8, 4) is 17.1 Å². The molecule has 1 aliphatic heterocycles. The molecule has 0 saturated carbocycles. The Balaban J connectivity index is 1.58. The van der Waals surface area contributed by atoms with Crippen LogP contribution in [0.5, 0.6) is 5.75 Å². The fraction of sp³-hybridized carbons (Fsp3) is 0.227. The molecule has 0 bridgehead atoms. The molecule has 2 aromatic carbocycles. The van der Waals surface area contributed by atoms with Crippen LogP contribution in [0.2, 0.25) is 0 Å². The van der Waals surface area contributed by atoms with Crippen LogP contribution in [-0.4, -0.2) is 28.1 Å². The van der Waals surface area contributed by atoms with E-state index in [1.165, 1.54) is 0 Å². The molecule has 6 nitrogen and oxygen atoms in total. The summed E-state index contributed by atoms with van der Waals surface area (Å²) in [6, 6.07) is 15.3. The van der Waals surface area contributed by atoms with Crippen molar-refractivity contribution < 1.29 is 14.1 Å². The maximum atomic E-state index is 12.5. The Morgan fingerprint density at radius 2 is 2.04 bits per heavy atom. The van der Waals surface area contributed by atoms with E-state index in [1.807, 2.05) is 53.4 Å². The van der Waals surface area contributed by atoms with Crippen LogP contribution in [0.1, 0.15) is 35.9 Å². The summed E-state index contributed by atoms with van der Waals surface area (Å²) in [5.74, 6) is 1.68. The highest BCUT2D eigenvalue weighted by atomic mass is 16.5. The van der Waals surface area contributed by atoms with Gasteiger partial charge in [-0.1, -0.05) is 54.2 Å². The van der Waals surface area contributed by atoms with E-state index in [0.29, 0.717) is 36.9 Å². The molecule has 1 saturated heterocycles. The van der Waals surface area contributed by atoms with E-state index in [1.54, 1.807) is 13.2 Å². The number of benzene rings is 2. The molecular weight excluding hydrogens is 354 g/mol. The summed E-state index contributed by atoms with van der Waals surface area (Å²) in [7, 11) is 1.61. The minimum Gasteiger partial charge on any atom is -0.496 e. The van der Waals surface area contributed by atoms with Gasteiger partial charge in [0.25, 0.3) is 0 Å². The molecule has 1 amide bonds. The summed E-state index contributed by atoms with van der Waals surface area (Å²) in [6.07, 6.45) is 2.93. The van der Waals surface area contributed by atoms with Crippen LogP contribution in [0.25, 0.3) is 17.5 Å². The molecule has 0 spiro atoms. The minimum atomic E-state index is -0.220. The number of carbonyl (C=O) groups is 1. The molecule has 1 unspecified atom stereocenters. The van der Waals surface area contributed by atoms with Gasteiger partial charge in [0.2, 0.25) is 17.6 Å². The van der Waals surface area contributed by atoms with E-state index < -0.39 is 0 Å². The zero-order chi connectivity index (χ0) is 19.5. The van der Waals surface area contributed by atoms with E-state index in [-0.39, 0.29) is 11.9 Å². The zero-order valence-electron chi connectivity index (χ0n) is 15.7. The van der Waals surface area contributed by atoms with Gasteiger partial charge in [-0.2, -0.15) is 4.98 Å². The summed E-state index contributed by atoms with van der Waals surface area (Å²) in [5.41, 5.74) is 2.86. The van der Waals surface area contributed by atoms with E-state index in [0.717, 1.165) is 16.7 Å². The number of likely N-dealkylation sites (tertiary alicyclic amines) is 1. The zero-order valence-corrected chi connectivity index (χ0v) is 15.7. The van der Waals surface area contributed by atoms with Crippen molar-refractivity contribution in [2.75, 3.05) is 7.11 Å². The van der Waals surface area contributed by atoms with Crippen LogP contribution in [0.15, 0.2) is 59.6 Å². The molecule has 28 heavy (non-hydrogen) atoms. The molecule has 0 N–H and O–H groups in total. The van der Waals surface area contributed by atoms with Crippen LogP contribution in [-0.2, 0) is 11.3 Å². The highest BCUT2D eigenvalue weighted by Gasteiger charge is 2.36. The number of aromatic nitrogens is 2. The lowest BCUT2D eigenvalue weighted by molar-refractivity contribution is -0.129. The van der Waals surface area contributed by atoms with Crippen LogP contribution in [0.4, 0.5) is 0 Å². The number of nitrogens with zero attached hydrogens (tertiary/aromatic N) is 3. The molecule has 142 valence electrons. The lowest BCUT2D eigenvalue weighted by Gasteiger charge is -2.22. The van der Waals surface area contributed by atoms with Gasteiger partial charge >= 0.3 is 0 Å². The number of rotatable bonds is 6. The molecule has 6 heteroatoms. The third-order valence-corrected chi connectivity index (χ3v) is 4.97. The van der Waals surface area contributed by atoms with Gasteiger partial charge in [-0.3, -0.25) is 4.79 Å². The predicted octanol–water partition coefficient (Wildman–Crippen LogP) is 4.25. The fourth-order valence-electron chi connectivity index (χ4n) is 3.45.